The van der Waals surface area contributed by atoms with E-state index in [2.05, 4.69) is 4.98 Å². The van der Waals surface area contributed by atoms with Crippen molar-refractivity contribution in [3.63, 3.8) is 0 Å². The van der Waals surface area contributed by atoms with Gasteiger partial charge in [0.05, 0.1) is 5.52 Å². The van der Waals surface area contributed by atoms with Gasteiger partial charge in [-0.2, -0.15) is 0 Å². The molecule has 6 nitrogen and oxygen atoms in total. The van der Waals surface area contributed by atoms with Crippen LogP contribution < -0.4 is 10.9 Å². The van der Waals surface area contributed by atoms with E-state index in [4.69, 9.17) is 16.3 Å². The van der Waals surface area contributed by atoms with E-state index in [1.807, 2.05) is 0 Å². The molecule has 0 atom stereocenters. The Balaban J connectivity index is 2.94. The zero-order chi connectivity index (χ0) is 12.6. The fourth-order valence-electron chi connectivity index (χ4n) is 1.61. The number of fused-ring (bicyclic) bond motifs is 1. The Morgan fingerprint density at radius 3 is 2.59 bits per heavy atom. The van der Waals surface area contributed by atoms with Gasteiger partial charge in [-0.05, 0) is 12.1 Å². The third-order valence-corrected chi connectivity index (χ3v) is 3.27. The molecule has 1 aromatic carbocycles. The van der Waals surface area contributed by atoms with Crippen LogP contribution in [0.3, 0.4) is 0 Å². The minimum Gasteiger partial charge on any atom is -0.384 e. The summed E-state index contributed by atoms with van der Waals surface area (Å²) in [5.41, 5.74) is 6.07. The Labute approximate surface area is 97.8 Å². The number of aromatic nitrogens is 1. The minimum absolute atomic E-state index is 0.0712. The van der Waals surface area contributed by atoms with Crippen LogP contribution in [0.15, 0.2) is 35.4 Å². The fraction of sp³-hybridized carbons (Fsp3) is 0. The molecule has 7 heteroatoms. The first-order valence-corrected chi connectivity index (χ1v) is 6.21. The summed E-state index contributed by atoms with van der Waals surface area (Å²) in [6, 6.07) is 6.11. The van der Waals surface area contributed by atoms with Gasteiger partial charge in [0.15, 0.2) is 0 Å². The molecule has 0 spiro atoms. The van der Waals surface area contributed by atoms with E-state index in [9.17, 15) is 8.42 Å². The van der Waals surface area contributed by atoms with Crippen molar-refractivity contribution in [2.75, 3.05) is 0 Å². The Bertz CT molecular complexity index is 709. The number of para-hydroxylation sites is 1. The Morgan fingerprint density at radius 1 is 1.29 bits per heavy atom. The molecule has 0 unspecified atom stereocenters. The molecule has 0 radical (unpaired) electrons. The van der Waals surface area contributed by atoms with Crippen LogP contribution in [0.5, 0.6) is 0 Å². The first-order chi connectivity index (χ1) is 7.91. The molecule has 0 saturated heterocycles. The number of benzene rings is 1. The predicted octanol–water partition coefficient (Wildman–Crippen LogP) is 0.166. The molecule has 2 rings (SSSR count). The van der Waals surface area contributed by atoms with E-state index in [-0.39, 0.29) is 16.2 Å². The summed E-state index contributed by atoms with van der Waals surface area (Å²) in [4.78, 5) is 3.91. The molecule has 88 valence electrons. The largest absolute Gasteiger partial charge is 0.384 e. The third kappa shape index (κ3) is 1.97. The van der Waals surface area contributed by atoms with Crippen LogP contribution in [0, 0.1) is 5.41 Å². The monoisotopic (exact) mass is 250 g/mol. The van der Waals surface area contributed by atoms with Crippen molar-refractivity contribution in [1.29, 1.82) is 5.41 Å². The first-order valence-electron chi connectivity index (χ1n) is 4.66. The maximum Gasteiger partial charge on any atom is 0.240 e. The summed E-state index contributed by atoms with van der Waals surface area (Å²) < 4.78 is 22.8. The van der Waals surface area contributed by atoms with Crippen LogP contribution in [0.4, 0.5) is 0 Å². The topological polar surface area (TPSA) is 123 Å². The van der Waals surface area contributed by atoms with Crippen molar-refractivity contribution in [3.8, 4) is 0 Å². The number of nitrogen functional groups attached to an aromatic ring is 1. The average Bonchev–Trinajstić information content (AvgIpc) is 2.26. The van der Waals surface area contributed by atoms with Gasteiger partial charge in [-0.1, -0.05) is 12.1 Å². The lowest BCUT2D eigenvalue weighted by molar-refractivity contribution is 0.598. The van der Waals surface area contributed by atoms with Crippen LogP contribution in [0.25, 0.3) is 10.9 Å². The zero-order valence-electron chi connectivity index (χ0n) is 8.71. The lowest BCUT2D eigenvalue weighted by Gasteiger charge is -2.07. The van der Waals surface area contributed by atoms with E-state index in [0.717, 1.165) is 0 Å². The standard InChI is InChI=1S/C10H10N4O2S/c11-10(12)7-4-5-14-9-6(7)2-1-3-8(9)17(13,15)16/h1-5H,(H3,11,12)(H2,13,15,16). The number of hydrogen-bond donors (Lipinski definition) is 3. The van der Waals surface area contributed by atoms with Crippen LogP contribution in [-0.2, 0) is 10.0 Å². The fourth-order valence-corrected chi connectivity index (χ4v) is 2.31. The molecule has 0 aliphatic rings. The van der Waals surface area contributed by atoms with E-state index in [1.165, 1.54) is 18.3 Å². The second-order valence-corrected chi connectivity index (χ2v) is 5.00. The maximum atomic E-state index is 11.4. The smallest absolute Gasteiger partial charge is 0.240 e. The van der Waals surface area contributed by atoms with Gasteiger partial charge in [0, 0.05) is 17.1 Å². The highest BCUT2D eigenvalue weighted by molar-refractivity contribution is 7.89. The summed E-state index contributed by atoms with van der Waals surface area (Å²) in [7, 11) is -3.85. The van der Waals surface area contributed by atoms with Crippen molar-refractivity contribution in [3.05, 3.63) is 36.0 Å². The molecular weight excluding hydrogens is 240 g/mol. The molecule has 0 amide bonds. The van der Waals surface area contributed by atoms with Crippen molar-refractivity contribution < 1.29 is 8.42 Å². The second-order valence-electron chi connectivity index (χ2n) is 3.47. The van der Waals surface area contributed by atoms with E-state index in [1.54, 1.807) is 12.1 Å². The molecule has 17 heavy (non-hydrogen) atoms. The normalized spacial score (nSPS) is 11.6. The van der Waals surface area contributed by atoms with Gasteiger partial charge < -0.3 is 5.73 Å². The highest BCUT2D eigenvalue weighted by atomic mass is 32.2. The highest BCUT2D eigenvalue weighted by Crippen LogP contribution is 2.22. The lowest BCUT2D eigenvalue weighted by atomic mass is 10.1. The lowest BCUT2D eigenvalue weighted by Crippen LogP contribution is -2.15. The van der Waals surface area contributed by atoms with Gasteiger partial charge in [-0.25, -0.2) is 13.6 Å². The van der Waals surface area contributed by atoms with Crippen molar-refractivity contribution in [2.45, 2.75) is 4.90 Å². The average molecular weight is 250 g/mol. The van der Waals surface area contributed by atoms with Crippen LogP contribution in [-0.4, -0.2) is 19.2 Å². The number of rotatable bonds is 2. The van der Waals surface area contributed by atoms with E-state index in [0.29, 0.717) is 10.9 Å². The molecule has 0 aliphatic heterocycles. The molecule has 2 aromatic rings. The summed E-state index contributed by atoms with van der Waals surface area (Å²) in [6.45, 7) is 0. The van der Waals surface area contributed by atoms with E-state index < -0.39 is 10.0 Å². The number of nitrogens with two attached hydrogens (primary N) is 2. The van der Waals surface area contributed by atoms with Crippen LogP contribution in [0.1, 0.15) is 5.56 Å². The van der Waals surface area contributed by atoms with Gasteiger partial charge in [0.25, 0.3) is 0 Å². The van der Waals surface area contributed by atoms with Crippen LogP contribution >= 0.6 is 0 Å². The van der Waals surface area contributed by atoms with Crippen LogP contribution in [0.2, 0.25) is 0 Å². The first kappa shape index (κ1) is 11.5. The number of sulfonamides is 1. The Morgan fingerprint density at radius 2 is 2.00 bits per heavy atom. The quantitative estimate of drug-likeness (QED) is 0.519. The SMILES string of the molecule is N=C(N)c1ccnc2c(S(N)(=O)=O)cccc12. The highest BCUT2D eigenvalue weighted by Gasteiger charge is 2.15. The summed E-state index contributed by atoms with van der Waals surface area (Å²) >= 11 is 0. The minimum atomic E-state index is -3.85. The van der Waals surface area contributed by atoms with Gasteiger partial charge in [0.2, 0.25) is 10.0 Å². The molecular formula is C10H10N4O2S. The summed E-state index contributed by atoms with van der Waals surface area (Å²) in [5.74, 6) is -0.149. The molecule has 0 fully saturated rings. The van der Waals surface area contributed by atoms with E-state index >= 15 is 0 Å². The van der Waals surface area contributed by atoms with Gasteiger partial charge in [-0.3, -0.25) is 10.4 Å². The Kier molecular flexibility index (Phi) is 2.56. The van der Waals surface area contributed by atoms with Crippen molar-refractivity contribution in [1.82, 2.24) is 4.98 Å². The molecule has 1 heterocycles. The van der Waals surface area contributed by atoms with Gasteiger partial charge >= 0.3 is 0 Å². The number of nitrogens with one attached hydrogen (secondary N) is 1. The molecule has 0 aliphatic carbocycles. The molecule has 1 aromatic heterocycles. The van der Waals surface area contributed by atoms with Crippen molar-refractivity contribution >= 4 is 26.8 Å². The third-order valence-electron chi connectivity index (χ3n) is 2.33. The predicted molar refractivity (Wildman–Crippen MR) is 64.1 cm³/mol. The second kappa shape index (κ2) is 3.79. The zero-order valence-corrected chi connectivity index (χ0v) is 9.53. The van der Waals surface area contributed by atoms with Gasteiger partial charge in [-0.15, -0.1) is 0 Å². The summed E-state index contributed by atoms with van der Waals surface area (Å²) in [5, 5.41) is 13.0. The number of amidine groups is 1. The van der Waals surface area contributed by atoms with Crippen molar-refractivity contribution in [2.24, 2.45) is 10.9 Å². The molecule has 0 bridgehead atoms. The molecule has 0 saturated carbocycles. The molecule has 5 N–H and O–H groups in total. The van der Waals surface area contributed by atoms with Gasteiger partial charge in [0.1, 0.15) is 10.7 Å². The summed E-state index contributed by atoms with van der Waals surface area (Å²) in [6.07, 6.45) is 1.40. The Hall–Kier alpha value is -1.99. The number of hydrogen-bond acceptors (Lipinski definition) is 4. The maximum absolute atomic E-state index is 11.4. The number of nitrogens with zero attached hydrogens (tertiary/aromatic N) is 1. The number of primary sulfonamides is 1. The number of pyridine rings is 1.